The average molecular weight is 375 g/mol. The van der Waals surface area contributed by atoms with E-state index in [-0.39, 0.29) is 11.3 Å². The van der Waals surface area contributed by atoms with Gasteiger partial charge < -0.3 is 4.74 Å². The number of hydrogen-bond acceptors (Lipinski definition) is 2. The molecule has 0 spiro atoms. The van der Waals surface area contributed by atoms with Crippen LogP contribution in [0.1, 0.15) is 66.4 Å². The molecule has 2 saturated carbocycles. The molecule has 5 rings (SSSR count). The Kier molecular flexibility index (Phi) is 4.34. The third-order valence-electron chi connectivity index (χ3n) is 8.33. The highest BCUT2D eigenvalue weighted by atomic mass is 16.5. The van der Waals surface area contributed by atoms with Crippen molar-refractivity contribution in [1.29, 1.82) is 0 Å². The maximum Gasteiger partial charge on any atom is 0.166 e. The van der Waals surface area contributed by atoms with Crippen molar-refractivity contribution in [1.82, 2.24) is 0 Å². The van der Waals surface area contributed by atoms with Crippen LogP contribution < -0.4 is 4.74 Å². The number of carbonyl (C=O) groups excluding carboxylic acids is 1. The van der Waals surface area contributed by atoms with E-state index in [1.807, 2.05) is 24.3 Å². The Hall–Kier alpha value is -2.09. The summed E-state index contributed by atoms with van der Waals surface area (Å²) in [4.78, 5) is 13.4. The van der Waals surface area contributed by atoms with Gasteiger partial charge >= 0.3 is 0 Å². The van der Waals surface area contributed by atoms with E-state index < -0.39 is 0 Å². The topological polar surface area (TPSA) is 26.3 Å². The van der Waals surface area contributed by atoms with E-state index in [0.29, 0.717) is 17.6 Å². The molecule has 0 saturated heterocycles. The van der Waals surface area contributed by atoms with Crippen molar-refractivity contribution in [2.45, 2.75) is 51.4 Å². The fourth-order valence-electron chi connectivity index (χ4n) is 6.91. The molecule has 0 aliphatic heterocycles. The zero-order valence-corrected chi connectivity index (χ0v) is 17.0. The van der Waals surface area contributed by atoms with Gasteiger partial charge in [0.25, 0.3) is 0 Å². The first-order valence-electron chi connectivity index (χ1n) is 10.9. The van der Waals surface area contributed by atoms with E-state index in [2.05, 4.69) is 31.2 Å². The molecule has 2 aromatic carbocycles. The molecule has 0 radical (unpaired) electrons. The van der Waals surface area contributed by atoms with E-state index in [4.69, 9.17) is 4.74 Å². The Balaban J connectivity index is 1.42. The highest BCUT2D eigenvalue weighted by molar-refractivity contribution is 5.98. The lowest BCUT2D eigenvalue weighted by Crippen LogP contribution is -2.44. The molecule has 2 aromatic rings. The predicted molar refractivity (Wildman–Crippen MR) is 112 cm³/mol. The molecule has 0 aromatic heterocycles. The van der Waals surface area contributed by atoms with Crippen LogP contribution in [-0.2, 0) is 6.42 Å². The molecular formula is C26H30O2. The monoisotopic (exact) mass is 374 g/mol. The Morgan fingerprint density at radius 1 is 1.00 bits per heavy atom. The number of ketones is 1. The first-order valence-corrected chi connectivity index (χ1v) is 10.9. The number of Topliss-reactive ketones (excluding diaryl/α,β-unsaturated/α-hetero) is 1. The number of hydrogen-bond donors (Lipinski definition) is 0. The Bertz CT molecular complexity index is 884. The minimum Gasteiger partial charge on any atom is -0.497 e. The van der Waals surface area contributed by atoms with Crippen molar-refractivity contribution < 1.29 is 9.53 Å². The normalized spacial score (nSPS) is 33.5. The number of ether oxygens (including phenoxy) is 1. The first kappa shape index (κ1) is 18.0. The van der Waals surface area contributed by atoms with Crippen LogP contribution in [0.25, 0.3) is 0 Å². The smallest absolute Gasteiger partial charge is 0.166 e. The fraction of sp³-hybridized carbons (Fsp3) is 0.500. The Labute approximate surface area is 168 Å². The van der Waals surface area contributed by atoms with Gasteiger partial charge in [0.15, 0.2) is 5.78 Å². The maximum atomic E-state index is 13.4. The summed E-state index contributed by atoms with van der Waals surface area (Å²) in [6, 6.07) is 16.8. The van der Waals surface area contributed by atoms with Crippen molar-refractivity contribution in [3.63, 3.8) is 0 Å². The van der Waals surface area contributed by atoms with Crippen LogP contribution in [-0.4, -0.2) is 12.9 Å². The average Bonchev–Trinajstić information content (AvgIpc) is 3.10. The van der Waals surface area contributed by atoms with E-state index in [1.165, 1.54) is 32.1 Å². The summed E-state index contributed by atoms with van der Waals surface area (Å²) in [5.74, 6) is 3.48. The van der Waals surface area contributed by atoms with E-state index in [9.17, 15) is 4.79 Å². The quantitative estimate of drug-likeness (QED) is 0.611. The number of aryl methyl sites for hydroxylation is 1. The summed E-state index contributed by atoms with van der Waals surface area (Å²) in [6.07, 6.45) is 7.19. The van der Waals surface area contributed by atoms with Gasteiger partial charge in [0.1, 0.15) is 5.75 Å². The third-order valence-corrected chi connectivity index (χ3v) is 8.33. The molecule has 0 bridgehead atoms. The van der Waals surface area contributed by atoms with Crippen molar-refractivity contribution >= 4 is 5.78 Å². The van der Waals surface area contributed by atoms with Crippen LogP contribution in [0.5, 0.6) is 5.75 Å². The summed E-state index contributed by atoms with van der Waals surface area (Å²) < 4.78 is 5.26. The van der Waals surface area contributed by atoms with Gasteiger partial charge in [-0.3, -0.25) is 4.79 Å². The molecule has 0 unspecified atom stereocenters. The van der Waals surface area contributed by atoms with Gasteiger partial charge in [-0.2, -0.15) is 0 Å². The fourth-order valence-corrected chi connectivity index (χ4v) is 6.91. The Morgan fingerprint density at radius 3 is 2.57 bits per heavy atom. The summed E-state index contributed by atoms with van der Waals surface area (Å²) in [5.41, 5.74) is 4.18. The number of benzene rings is 2. The number of carbonyl (C=O) groups is 1. The van der Waals surface area contributed by atoms with Gasteiger partial charge in [0.05, 0.1) is 7.11 Å². The zero-order valence-electron chi connectivity index (χ0n) is 17.0. The minimum absolute atomic E-state index is 0.157. The summed E-state index contributed by atoms with van der Waals surface area (Å²) in [5, 5.41) is 0. The molecule has 28 heavy (non-hydrogen) atoms. The number of rotatable bonds is 3. The van der Waals surface area contributed by atoms with Crippen LogP contribution >= 0.6 is 0 Å². The zero-order chi connectivity index (χ0) is 19.3. The predicted octanol–water partition coefficient (Wildman–Crippen LogP) is 6.05. The molecule has 146 valence electrons. The second-order valence-electron chi connectivity index (χ2n) is 9.38. The van der Waals surface area contributed by atoms with Gasteiger partial charge in [-0.25, -0.2) is 0 Å². The van der Waals surface area contributed by atoms with Gasteiger partial charge in [-0.1, -0.05) is 31.2 Å². The van der Waals surface area contributed by atoms with Gasteiger partial charge in [-0.15, -0.1) is 0 Å². The standard InChI is InChI=1S/C26H30O2/c1-26-16-15-21-20-6-4-3-5-17(20)9-12-22(21)23(26)13-14-24(26)25(27)18-7-10-19(28-2)11-8-18/h3-8,10-11,21-24H,9,12-16H2,1-2H3/t21-,22-,23+,24-,26+/m1/s1. The number of fused-ring (bicyclic) bond motifs is 5. The summed E-state index contributed by atoms with van der Waals surface area (Å²) in [7, 11) is 1.67. The number of methoxy groups -OCH3 is 1. The van der Waals surface area contributed by atoms with Gasteiger partial charge in [0.2, 0.25) is 0 Å². The largest absolute Gasteiger partial charge is 0.497 e. The molecular weight excluding hydrogens is 344 g/mol. The van der Waals surface area contributed by atoms with Crippen LogP contribution in [0, 0.1) is 23.2 Å². The maximum absolute atomic E-state index is 13.4. The molecule has 3 aliphatic carbocycles. The molecule has 0 heterocycles. The van der Waals surface area contributed by atoms with E-state index >= 15 is 0 Å². The van der Waals surface area contributed by atoms with Crippen molar-refractivity contribution in [2.75, 3.05) is 7.11 Å². The van der Waals surface area contributed by atoms with Gasteiger partial charge in [-0.05, 0) is 97.1 Å². The molecule has 5 atom stereocenters. The van der Waals surface area contributed by atoms with Crippen molar-refractivity contribution in [2.24, 2.45) is 23.2 Å². The molecule has 3 aliphatic rings. The Morgan fingerprint density at radius 2 is 1.79 bits per heavy atom. The van der Waals surface area contributed by atoms with E-state index in [0.717, 1.165) is 23.7 Å². The van der Waals surface area contributed by atoms with Crippen LogP contribution in [0.2, 0.25) is 0 Å². The highest BCUT2D eigenvalue weighted by Crippen LogP contribution is 2.63. The molecule has 0 N–H and O–H groups in total. The molecule has 2 nitrogen and oxygen atoms in total. The SMILES string of the molecule is COc1ccc(C(=O)[C@H]2CC[C@H]3[C@@H]4CCc5ccccc5[C@H]4CC[C@]23C)cc1. The highest BCUT2D eigenvalue weighted by Gasteiger charge is 2.56. The first-order chi connectivity index (χ1) is 13.6. The van der Waals surface area contributed by atoms with Crippen LogP contribution in [0.4, 0.5) is 0 Å². The van der Waals surface area contributed by atoms with Gasteiger partial charge in [0, 0.05) is 11.5 Å². The lowest BCUT2D eigenvalue weighted by Gasteiger charge is -2.50. The van der Waals surface area contributed by atoms with Crippen molar-refractivity contribution in [3.8, 4) is 5.75 Å². The molecule has 2 fully saturated rings. The molecule has 2 heteroatoms. The lowest BCUT2D eigenvalue weighted by molar-refractivity contribution is 0.0276. The second-order valence-corrected chi connectivity index (χ2v) is 9.38. The van der Waals surface area contributed by atoms with Crippen molar-refractivity contribution in [3.05, 3.63) is 65.2 Å². The lowest BCUT2D eigenvalue weighted by atomic mass is 9.53. The second kappa shape index (κ2) is 6.76. The van der Waals surface area contributed by atoms with Crippen LogP contribution in [0.3, 0.4) is 0 Å². The summed E-state index contributed by atoms with van der Waals surface area (Å²) >= 11 is 0. The van der Waals surface area contributed by atoms with E-state index in [1.54, 1.807) is 18.2 Å². The minimum atomic E-state index is 0.157. The summed E-state index contributed by atoms with van der Waals surface area (Å²) in [6.45, 7) is 2.42. The third kappa shape index (κ3) is 2.64. The molecule has 0 amide bonds. The van der Waals surface area contributed by atoms with Crippen LogP contribution in [0.15, 0.2) is 48.5 Å².